The summed E-state index contributed by atoms with van der Waals surface area (Å²) in [6.45, 7) is 7.37. The second-order valence-electron chi connectivity index (χ2n) is 4.09. The van der Waals surface area contributed by atoms with Crippen molar-refractivity contribution >= 4 is 5.97 Å². The maximum atomic E-state index is 11.2. The van der Waals surface area contributed by atoms with Gasteiger partial charge in [0.15, 0.2) is 0 Å². The van der Waals surface area contributed by atoms with Crippen molar-refractivity contribution in [1.29, 1.82) is 0 Å². The maximum Gasteiger partial charge on any atom is 0.330 e. The number of carbonyl (C=O) groups excluding carboxylic acids is 1. The van der Waals surface area contributed by atoms with Crippen molar-refractivity contribution in [3.8, 4) is 0 Å². The molecule has 0 spiro atoms. The molecule has 16 heavy (non-hydrogen) atoms. The van der Waals surface area contributed by atoms with Crippen LogP contribution in [0, 0.1) is 0 Å². The van der Waals surface area contributed by atoms with E-state index in [0.717, 1.165) is 12.8 Å². The minimum Gasteiger partial charge on any atom is -0.456 e. The third-order valence-corrected chi connectivity index (χ3v) is 2.68. The summed E-state index contributed by atoms with van der Waals surface area (Å²) < 4.78 is 5.38. The summed E-state index contributed by atoms with van der Waals surface area (Å²) in [7, 11) is 0. The summed E-state index contributed by atoms with van der Waals surface area (Å²) >= 11 is 0. The predicted octanol–water partition coefficient (Wildman–Crippen LogP) is 3.13. The van der Waals surface area contributed by atoms with E-state index in [1.165, 1.54) is 11.6 Å². The normalized spacial score (nSPS) is 13.9. The van der Waals surface area contributed by atoms with Crippen LogP contribution in [0.25, 0.3) is 0 Å². The molecule has 1 atom stereocenters. The molecule has 0 aliphatic carbocycles. The summed E-state index contributed by atoms with van der Waals surface area (Å²) in [6, 6.07) is 10.0. The van der Waals surface area contributed by atoms with Crippen molar-refractivity contribution in [2.45, 2.75) is 32.3 Å². The first-order valence-electron chi connectivity index (χ1n) is 5.49. The van der Waals surface area contributed by atoms with Crippen LogP contribution in [0.15, 0.2) is 43.0 Å². The van der Waals surface area contributed by atoms with Crippen molar-refractivity contribution in [3.05, 3.63) is 48.6 Å². The molecule has 0 aliphatic heterocycles. The summed E-state index contributed by atoms with van der Waals surface area (Å²) in [5, 5.41) is 0. The third-order valence-electron chi connectivity index (χ3n) is 2.68. The maximum absolute atomic E-state index is 11.2. The van der Waals surface area contributed by atoms with Crippen LogP contribution in [0.3, 0.4) is 0 Å². The zero-order valence-corrected chi connectivity index (χ0v) is 9.90. The molecule has 0 amide bonds. The quantitative estimate of drug-likeness (QED) is 0.560. The van der Waals surface area contributed by atoms with E-state index in [1.54, 1.807) is 0 Å². The van der Waals surface area contributed by atoms with E-state index < -0.39 is 5.60 Å². The second-order valence-corrected chi connectivity index (χ2v) is 4.09. The van der Waals surface area contributed by atoms with Crippen molar-refractivity contribution in [3.63, 3.8) is 0 Å². The van der Waals surface area contributed by atoms with Crippen LogP contribution in [-0.4, -0.2) is 11.6 Å². The number of carbonyl (C=O) groups is 1. The third kappa shape index (κ3) is 3.54. The first kappa shape index (κ1) is 12.5. The molecule has 1 rings (SSSR count). The van der Waals surface area contributed by atoms with E-state index in [-0.39, 0.29) is 5.97 Å². The number of benzene rings is 1. The summed E-state index contributed by atoms with van der Waals surface area (Å²) in [5.74, 6) is -0.361. The molecular formula is C14H18O2. The fourth-order valence-electron chi connectivity index (χ4n) is 1.55. The van der Waals surface area contributed by atoms with Crippen molar-refractivity contribution in [1.82, 2.24) is 0 Å². The van der Waals surface area contributed by atoms with Gasteiger partial charge in [-0.3, -0.25) is 0 Å². The van der Waals surface area contributed by atoms with Crippen LogP contribution in [0.5, 0.6) is 0 Å². The predicted molar refractivity (Wildman–Crippen MR) is 65.1 cm³/mol. The summed E-state index contributed by atoms with van der Waals surface area (Å²) in [5.41, 5.74) is 0.718. The van der Waals surface area contributed by atoms with E-state index in [0.29, 0.717) is 0 Å². The lowest BCUT2D eigenvalue weighted by Crippen LogP contribution is -2.32. The van der Waals surface area contributed by atoms with Gasteiger partial charge in [0.1, 0.15) is 5.60 Å². The molecule has 2 heteroatoms. The van der Waals surface area contributed by atoms with Gasteiger partial charge >= 0.3 is 5.97 Å². The molecule has 0 bridgehead atoms. The van der Waals surface area contributed by atoms with Gasteiger partial charge in [0.2, 0.25) is 0 Å². The Labute approximate surface area is 96.9 Å². The molecule has 0 heterocycles. The van der Waals surface area contributed by atoms with E-state index in [9.17, 15) is 4.79 Å². The fourth-order valence-corrected chi connectivity index (χ4v) is 1.55. The molecule has 0 N–H and O–H groups in total. The molecule has 1 unspecified atom stereocenters. The van der Waals surface area contributed by atoms with Gasteiger partial charge in [0.25, 0.3) is 0 Å². The highest BCUT2D eigenvalue weighted by molar-refractivity contribution is 5.81. The zero-order chi connectivity index (χ0) is 12.0. The Kier molecular flexibility index (Phi) is 4.29. The van der Waals surface area contributed by atoms with Crippen molar-refractivity contribution < 1.29 is 9.53 Å². The minimum atomic E-state index is -0.452. The molecule has 2 nitrogen and oxygen atoms in total. The molecular weight excluding hydrogens is 200 g/mol. The molecule has 0 aliphatic rings. The van der Waals surface area contributed by atoms with E-state index in [4.69, 9.17) is 4.74 Å². The van der Waals surface area contributed by atoms with Crippen LogP contribution in [0.2, 0.25) is 0 Å². The van der Waals surface area contributed by atoms with Gasteiger partial charge in [-0.15, -0.1) is 0 Å². The molecule has 0 aromatic heterocycles. The molecule has 0 fully saturated rings. The highest BCUT2D eigenvalue weighted by atomic mass is 16.6. The zero-order valence-electron chi connectivity index (χ0n) is 9.90. The van der Waals surface area contributed by atoms with Gasteiger partial charge in [-0.25, -0.2) is 4.79 Å². The molecule has 1 aromatic carbocycles. The first-order valence-corrected chi connectivity index (χ1v) is 5.49. The van der Waals surface area contributed by atoms with Gasteiger partial charge in [0, 0.05) is 12.5 Å². The molecule has 86 valence electrons. The SMILES string of the molecule is C=CC(=O)OC(C)(CC)Cc1ccccc1. The molecule has 1 aromatic rings. The van der Waals surface area contributed by atoms with Gasteiger partial charge in [-0.1, -0.05) is 43.8 Å². The number of hydrogen-bond donors (Lipinski definition) is 0. The number of ether oxygens (including phenoxy) is 1. The Bertz CT molecular complexity index is 356. The van der Waals surface area contributed by atoms with Gasteiger partial charge in [-0.2, -0.15) is 0 Å². The van der Waals surface area contributed by atoms with E-state index in [1.807, 2.05) is 44.2 Å². The lowest BCUT2D eigenvalue weighted by atomic mass is 9.94. The molecule has 0 saturated heterocycles. The van der Waals surface area contributed by atoms with Crippen LogP contribution in [-0.2, 0) is 16.0 Å². The van der Waals surface area contributed by atoms with Gasteiger partial charge in [-0.05, 0) is 18.9 Å². The standard InChI is InChI=1S/C14H18O2/c1-4-13(15)16-14(3,5-2)11-12-9-7-6-8-10-12/h4,6-10H,1,5,11H2,2-3H3. The minimum absolute atomic E-state index is 0.361. The lowest BCUT2D eigenvalue weighted by molar-refractivity contribution is -0.152. The molecule has 0 radical (unpaired) electrons. The van der Waals surface area contributed by atoms with Crippen LogP contribution in [0.4, 0.5) is 0 Å². The number of hydrogen-bond acceptors (Lipinski definition) is 2. The van der Waals surface area contributed by atoms with E-state index in [2.05, 4.69) is 6.58 Å². The largest absolute Gasteiger partial charge is 0.456 e. The Balaban J connectivity index is 2.73. The highest BCUT2D eigenvalue weighted by Crippen LogP contribution is 2.21. The molecule has 0 saturated carbocycles. The Morgan fingerprint density at radius 1 is 1.44 bits per heavy atom. The van der Waals surface area contributed by atoms with Crippen LogP contribution >= 0.6 is 0 Å². The number of esters is 1. The summed E-state index contributed by atoms with van der Waals surface area (Å²) in [6.07, 6.45) is 2.71. The Morgan fingerprint density at radius 3 is 2.56 bits per heavy atom. The van der Waals surface area contributed by atoms with E-state index >= 15 is 0 Å². The monoisotopic (exact) mass is 218 g/mol. The van der Waals surface area contributed by atoms with Gasteiger partial charge < -0.3 is 4.74 Å². The smallest absolute Gasteiger partial charge is 0.330 e. The van der Waals surface area contributed by atoms with Gasteiger partial charge in [0.05, 0.1) is 0 Å². The summed E-state index contributed by atoms with van der Waals surface area (Å²) in [4.78, 5) is 11.2. The fraction of sp³-hybridized carbons (Fsp3) is 0.357. The second kappa shape index (κ2) is 5.50. The topological polar surface area (TPSA) is 26.3 Å². The van der Waals surface area contributed by atoms with Crippen LogP contribution < -0.4 is 0 Å². The lowest BCUT2D eigenvalue weighted by Gasteiger charge is -2.28. The van der Waals surface area contributed by atoms with Crippen molar-refractivity contribution in [2.75, 3.05) is 0 Å². The Hall–Kier alpha value is -1.57. The van der Waals surface area contributed by atoms with Crippen LogP contribution in [0.1, 0.15) is 25.8 Å². The highest BCUT2D eigenvalue weighted by Gasteiger charge is 2.26. The average Bonchev–Trinajstić information content (AvgIpc) is 2.30. The average molecular weight is 218 g/mol. The Morgan fingerprint density at radius 2 is 2.06 bits per heavy atom. The first-order chi connectivity index (χ1) is 7.59. The number of rotatable bonds is 5. The van der Waals surface area contributed by atoms with Crippen molar-refractivity contribution in [2.24, 2.45) is 0 Å².